The molecule has 0 aliphatic heterocycles. The van der Waals surface area contributed by atoms with Crippen molar-refractivity contribution in [3.63, 3.8) is 0 Å². The number of hydrogen-bond donors (Lipinski definition) is 0. The highest BCUT2D eigenvalue weighted by Gasteiger charge is 2.13. The van der Waals surface area contributed by atoms with Gasteiger partial charge < -0.3 is 0 Å². The number of rotatable bonds is 3. The van der Waals surface area contributed by atoms with Crippen molar-refractivity contribution in [2.24, 2.45) is 0 Å². The van der Waals surface area contributed by atoms with Crippen LogP contribution in [0, 0.1) is 0 Å². The SMILES string of the molecule is O=C(Cl)C(Cl)Cl.O=C(Cl)C(Cl)c1ccccc1. The van der Waals surface area contributed by atoms with Gasteiger partial charge in [-0.1, -0.05) is 53.5 Å². The van der Waals surface area contributed by atoms with E-state index in [0.29, 0.717) is 0 Å². The summed E-state index contributed by atoms with van der Waals surface area (Å²) in [5, 5.41) is -2.01. The zero-order chi connectivity index (χ0) is 13.4. The summed E-state index contributed by atoms with van der Waals surface area (Å²) in [6.45, 7) is 0. The van der Waals surface area contributed by atoms with E-state index in [4.69, 9.17) is 58.0 Å². The molecule has 2 nitrogen and oxygen atoms in total. The summed E-state index contributed by atoms with van der Waals surface area (Å²) in [5.74, 6) is 0. The van der Waals surface area contributed by atoms with Crippen LogP contribution >= 0.6 is 58.0 Å². The lowest BCUT2D eigenvalue weighted by Gasteiger charge is -2.01. The molecule has 17 heavy (non-hydrogen) atoms. The number of alkyl halides is 3. The van der Waals surface area contributed by atoms with E-state index in [-0.39, 0.29) is 0 Å². The Bertz CT molecular complexity index is 366. The van der Waals surface area contributed by atoms with Gasteiger partial charge in [0.15, 0.2) is 4.84 Å². The van der Waals surface area contributed by atoms with Crippen molar-refractivity contribution < 1.29 is 9.59 Å². The second-order valence-electron chi connectivity index (χ2n) is 2.68. The van der Waals surface area contributed by atoms with E-state index < -0.39 is 20.7 Å². The van der Waals surface area contributed by atoms with E-state index in [1.165, 1.54) is 0 Å². The maximum atomic E-state index is 10.6. The Balaban J connectivity index is 0.000000366. The Morgan fingerprint density at radius 1 is 0.882 bits per heavy atom. The van der Waals surface area contributed by atoms with Crippen LogP contribution in [0.2, 0.25) is 0 Å². The Hall–Kier alpha value is 0.01000. The lowest BCUT2D eigenvalue weighted by molar-refractivity contribution is -0.111. The van der Waals surface area contributed by atoms with Gasteiger partial charge in [-0.15, -0.1) is 11.6 Å². The van der Waals surface area contributed by atoms with Crippen LogP contribution in [-0.2, 0) is 9.59 Å². The topological polar surface area (TPSA) is 34.1 Å². The van der Waals surface area contributed by atoms with Gasteiger partial charge in [-0.25, -0.2) is 0 Å². The summed E-state index contributed by atoms with van der Waals surface area (Å²) < 4.78 is 0. The monoisotopic (exact) mass is 334 g/mol. The molecule has 1 unspecified atom stereocenters. The van der Waals surface area contributed by atoms with Gasteiger partial charge in [0, 0.05) is 0 Å². The van der Waals surface area contributed by atoms with Crippen LogP contribution < -0.4 is 0 Å². The maximum Gasteiger partial charge on any atom is 0.254 e. The van der Waals surface area contributed by atoms with E-state index in [1.807, 2.05) is 18.2 Å². The third kappa shape index (κ3) is 7.85. The highest BCUT2D eigenvalue weighted by Crippen LogP contribution is 2.22. The van der Waals surface area contributed by atoms with Crippen LogP contribution in [0.1, 0.15) is 10.9 Å². The predicted octanol–water partition coefficient (Wildman–Crippen LogP) is 4.29. The fourth-order valence-electron chi connectivity index (χ4n) is 0.753. The molecule has 0 bridgehead atoms. The van der Waals surface area contributed by atoms with Gasteiger partial charge in [0.25, 0.3) is 5.24 Å². The van der Waals surface area contributed by atoms with Crippen LogP contribution in [-0.4, -0.2) is 15.3 Å². The molecule has 0 aliphatic carbocycles. The summed E-state index contributed by atoms with van der Waals surface area (Å²) in [6, 6.07) is 9.00. The molecule has 0 saturated heterocycles. The van der Waals surface area contributed by atoms with Gasteiger partial charge in [-0.2, -0.15) is 0 Å². The van der Waals surface area contributed by atoms with Crippen molar-refractivity contribution in [1.29, 1.82) is 0 Å². The summed E-state index contributed by atoms with van der Waals surface area (Å²) >= 11 is 25.4. The predicted molar refractivity (Wildman–Crippen MR) is 72.3 cm³/mol. The van der Waals surface area contributed by atoms with Gasteiger partial charge in [-0.05, 0) is 28.8 Å². The number of carbonyl (C=O) groups is 2. The molecule has 0 spiro atoms. The van der Waals surface area contributed by atoms with Crippen molar-refractivity contribution in [2.45, 2.75) is 10.2 Å². The molecule has 1 atom stereocenters. The van der Waals surface area contributed by atoms with Crippen LogP contribution in [0.5, 0.6) is 0 Å². The fourth-order valence-corrected chi connectivity index (χ4v) is 1.02. The number of halogens is 5. The lowest BCUT2D eigenvalue weighted by atomic mass is 10.2. The minimum absolute atomic E-state index is 0.544. The second-order valence-corrected chi connectivity index (χ2v) is 4.96. The molecule has 1 aromatic rings. The van der Waals surface area contributed by atoms with Gasteiger partial charge in [0.05, 0.1) is 0 Å². The van der Waals surface area contributed by atoms with Crippen molar-refractivity contribution in [3.8, 4) is 0 Å². The number of hydrogen-bond acceptors (Lipinski definition) is 2. The second kappa shape index (κ2) is 9.01. The molecule has 0 fully saturated rings. The lowest BCUT2D eigenvalue weighted by Crippen LogP contribution is -1.97. The third-order valence-corrected chi connectivity index (χ3v) is 3.08. The minimum atomic E-state index is -1.08. The zero-order valence-corrected chi connectivity index (χ0v) is 12.0. The first kappa shape index (κ1) is 17.0. The summed E-state index contributed by atoms with van der Waals surface area (Å²) in [6.07, 6.45) is 0. The average Bonchev–Trinajstić information content (AvgIpc) is 2.29. The van der Waals surface area contributed by atoms with Crippen molar-refractivity contribution in [2.75, 3.05) is 0 Å². The Kier molecular flexibility index (Phi) is 9.01. The summed E-state index contributed by atoms with van der Waals surface area (Å²) in [5.41, 5.74) is 0.731. The number of carbonyl (C=O) groups excluding carboxylic acids is 2. The molecule has 0 N–H and O–H groups in total. The first-order valence-corrected chi connectivity index (χ1v) is 6.28. The van der Waals surface area contributed by atoms with Crippen molar-refractivity contribution in [3.05, 3.63) is 35.9 Å². The molecule has 7 heteroatoms. The van der Waals surface area contributed by atoms with Crippen LogP contribution in [0.4, 0.5) is 0 Å². The first-order valence-electron chi connectivity index (χ1n) is 4.22. The number of benzene rings is 1. The highest BCUT2D eigenvalue weighted by molar-refractivity contribution is 6.75. The van der Waals surface area contributed by atoms with E-state index >= 15 is 0 Å². The first-order chi connectivity index (χ1) is 7.86. The molecule has 0 aliphatic rings. The van der Waals surface area contributed by atoms with E-state index in [0.717, 1.165) is 5.56 Å². The van der Waals surface area contributed by atoms with Crippen molar-refractivity contribution in [1.82, 2.24) is 0 Å². The Labute approximate surface area is 124 Å². The quantitative estimate of drug-likeness (QED) is 0.609. The summed E-state index contributed by atoms with van der Waals surface area (Å²) in [7, 11) is 0. The largest absolute Gasteiger partial charge is 0.279 e. The van der Waals surface area contributed by atoms with Crippen LogP contribution in [0.25, 0.3) is 0 Å². The Morgan fingerprint density at radius 2 is 1.29 bits per heavy atom. The third-order valence-electron chi connectivity index (χ3n) is 1.46. The van der Waals surface area contributed by atoms with Gasteiger partial charge in [0.1, 0.15) is 5.38 Å². The Morgan fingerprint density at radius 3 is 1.59 bits per heavy atom. The zero-order valence-electron chi connectivity index (χ0n) is 8.25. The maximum absolute atomic E-state index is 10.6. The molecule has 0 aromatic heterocycles. The molecule has 0 saturated carbocycles. The molecule has 0 radical (unpaired) electrons. The molecule has 94 valence electrons. The van der Waals surface area contributed by atoms with Gasteiger partial charge in [-0.3, -0.25) is 9.59 Å². The smallest absolute Gasteiger partial charge is 0.254 e. The summed E-state index contributed by atoms with van der Waals surface area (Å²) in [4.78, 5) is 19.1. The molecule has 0 amide bonds. The fraction of sp³-hybridized carbons (Fsp3) is 0.200. The van der Waals surface area contributed by atoms with E-state index in [9.17, 15) is 9.59 Å². The van der Waals surface area contributed by atoms with Crippen molar-refractivity contribution >= 4 is 68.5 Å². The standard InChI is InChI=1S/C8H6Cl2O.C2HCl3O/c9-7(8(10)11)6-4-2-1-3-5-6;3-1(4)2(5)6/h1-5,7H;1H. The molecule has 1 aromatic carbocycles. The highest BCUT2D eigenvalue weighted by atomic mass is 35.5. The molecule has 0 heterocycles. The normalized spacial score (nSPS) is 11.4. The molecular weight excluding hydrogens is 329 g/mol. The van der Waals surface area contributed by atoms with E-state index in [2.05, 4.69) is 0 Å². The molecular formula is C10H7Cl5O2. The van der Waals surface area contributed by atoms with E-state index in [1.54, 1.807) is 12.1 Å². The van der Waals surface area contributed by atoms with Gasteiger partial charge >= 0.3 is 0 Å². The average molecular weight is 336 g/mol. The van der Waals surface area contributed by atoms with Crippen LogP contribution in [0.15, 0.2) is 30.3 Å². The van der Waals surface area contributed by atoms with Crippen LogP contribution in [0.3, 0.4) is 0 Å². The molecule has 1 rings (SSSR count). The van der Waals surface area contributed by atoms with Gasteiger partial charge in [0.2, 0.25) is 5.24 Å². The minimum Gasteiger partial charge on any atom is -0.279 e.